The average molecular weight is 455 g/mol. The number of hydrogen-bond donors (Lipinski definition) is 5. The molecule has 7 N–H and O–H groups in total. The molecule has 2 aromatic rings. The monoisotopic (exact) mass is 454 g/mol. The van der Waals surface area contributed by atoms with Crippen LogP contribution in [0.5, 0.6) is 0 Å². The normalized spacial score (nSPS) is 13.3. The summed E-state index contributed by atoms with van der Waals surface area (Å²) in [6.07, 6.45) is 2.83. The van der Waals surface area contributed by atoms with Crippen LogP contribution >= 0.6 is 0 Å². The Hall–Kier alpha value is -3.79. The van der Waals surface area contributed by atoms with E-state index in [1.165, 1.54) is 7.05 Å². The van der Waals surface area contributed by atoms with E-state index >= 15 is 0 Å². The van der Waals surface area contributed by atoms with E-state index in [0.29, 0.717) is 0 Å². The smallest absolute Gasteiger partial charge is 0.243 e. The maximum absolute atomic E-state index is 12.9. The van der Waals surface area contributed by atoms with E-state index in [1.807, 2.05) is 31.2 Å². The second-order valence-electron chi connectivity index (χ2n) is 7.69. The lowest BCUT2D eigenvalue weighted by Crippen LogP contribution is -2.55. The Kier molecular flexibility index (Phi) is 9.49. The lowest BCUT2D eigenvalue weighted by molar-refractivity contribution is -0.133. The first-order chi connectivity index (χ1) is 15.7. The number of nitrogens with zero attached hydrogens (tertiary/aromatic N) is 1. The summed E-state index contributed by atoms with van der Waals surface area (Å²) in [7, 11) is 1.45. The minimum atomic E-state index is -1.25. The van der Waals surface area contributed by atoms with Gasteiger partial charge in [0.25, 0.3) is 0 Å². The number of nitrogens with two attached hydrogens (primary N) is 2. The van der Waals surface area contributed by atoms with Crippen LogP contribution in [0.3, 0.4) is 0 Å². The van der Waals surface area contributed by atoms with Gasteiger partial charge >= 0.3 is 0 Å². The molecule has 4 amide bonds. The van der Waals surface area contributed by atoms with Gasteiger partial charge in [-0.05, 0) is 35.7 Å². The molecule has 0 radical (unpaired) electrons. The van der Waals surface area contributed by atoms with Crippen molar-refractivity contribution in [1.82, 2.24) is 20.9 Å². The topological polar surface area (TPSA) is 169 Å². The van der Waals surface area contributed by atoms with Crippen LogP contribution < -0.4 is 27.4 Å². The number of carbonyl (C=O) groups is 4. The predicted octanol–water partition coefficient (Wildman–Crippen LogP) is -0.386. The molecule has 0 aliphatic carbocycles. The second kappa shape index (κ2) is 12.3. The molecule has 0 spiro atoms. The summed E-state index contributed by atoms with van der Waals surface area (Å²) in [5.74, 6) is -2.41. The minimum Gasteiger partial charge on any atom is -0.370 e. The van der Waals surface area contributed by atoms with Crippen molar-refractivity contribution in [3.05, 3.63) is 65.5 Å². The summed E-state index contributed by atoms with van der Waals surface area (Å²) in [6, 6.07) is 8.09. The number of likely N-dealkylation sites (N-methyl/N-ethyl adjacent to an activating group) is 1. The maximum Gasteiger partial charge on any atom is 0.243 e. The number of benzene rings is 1. The summed E-state index contributed by atoms with van der Waals surface area (Å²) in [5, 5.41) is 7.61. The van der Waals surface area contributed by atoms with Crippen LogP contribution in [-0.2, 0) is 25.6 Å². The molecule has 1 aromatic heterocycles. The molecular formula is C23H30N6O4. The number of pyridine rings is 1. The molecule has 1 heterocycles. The fraction of sp³-hybridized carbons (Fsp3) is 0.348. The molecule has 33 heavy (non-hydrogen) atoms. The molecule has 10 heteroatoms. The predicted molar refractivity (Wildman–Crippen MR) is 122 cm³/mol. The Bertz CT molecular complexity index is 982. The first kappa shape index (κ1) is 25.5. The molecule has 1 unspecified atom stereocenters. The zero-order valence-electron chi connectivity index (χ0n) is 18.7. The Morgan fingerprint density at radius 3 is 2.21 bits per heavy atom. The number of aromatic nitrogens is 1. The lowest BCUT2D eigenvalue weighted by Gasteiger charge is -2.23. The van der Waals surface area contributed by atoms with Crippen LogP contribution in [0.25, 0.3) is 0 Å². The number of amides is 4. The number of carbonyl (C=O) groups excluding carboxylic acids is 4. The minimum absolute atomic E-state index is 0.0940. The van der Waals surface area contributed by atoms with Crippen molar-refractivity contribution < 1.29 is 19.2 Å². The van der Waals surface area contributed by atoms with Gasteiger partial charge in [0, 0.05) is 38.3 Å². The third-order valence-corrected chi connectivity index (χ3v) is 5.12. The van der Waals surface area contributed by atoms with Crippen molar-refractivity contribution >= 4 is 23.6 Å². The van der Waals surface area contributed by atoms with Gasteiger partial charge in [-0.3, -0.25) is 24.2 Å². The summed E-state index contributed by atoms with van der Waals surface area (Å²) in [5.41, 5.74) is 14.0. The zero-order chi connectivity index (χ0) is 24.4. The van der Waals surface area contributed by atoms with Gasteiger partial charge in [-0.15, -0.1) is 0 Å². The first-order valence-electron chi connectivity index (χ1n) is 10.5. The van der Waals surface area contributed by atoms with Crippen LogP contribution in [0.2, 0.25) is 0 Å². The Morgan fingerprint density at radius 1 is 0.939 bits per heavy atom. The molecule has 10 nitrogen and oxygen atoms in total. The highest BCUT2D eigenvalue weighted by molar-refractivity contribution is 5.94. The first-order valence-corrected chi connectivity index (χ1v) is 10.5. The third-order valence-electron chi connectivity index (χ3n) is 5.12. The van der Waals surface area contributed by atoms with Crippen molar-refractivity contribution in [2.24, 2.45) is 11.5 Å². The molecule has 1 aromatic carbocycles. The highest BCUT2D eigenvalue weighted by Gasteiger charge is 2.28. The summed E-state index contributed by atoms with van der Waals surface area (Å²) in [4.78, 5) is 53.3. The van der Waals surface area contributed by atoms with Crippen LogP contribution in [0.4, 0.5) is 0 Å². The molecular weight excluding hydrogens is 424 g/mol. The third kappa shape index (κ3) is 8.00. The molecule has 176 valence electrons. The molecule has 0 saturated carbocycles. The van der Waals surface area contributed by atoms with Gasteiger partial charge in [0.05, 0.1) is 6.42 Å². The molecule has 2 rings (SSSR count). The highest BCUT2D eigenvalue weighted by Crippen LogP contribution is 2.18. The number of hydrogen-bond acceptors (Lipinski definition) is 6. The Morgan fingerprint density at radius 2 is 1.61 bits per heavy atom. The second-order valence-corrected chi connectivity index (χ2v) is 7.69. The fourth-order valence-electron chi connectivity index (χ4n) is 3.39. The van der Waals surface area contributed by atoms with Crippen LogP contribution in [-0.4, -0.2) is 47.7 Å². The van der Waals surface area contributed by atoms with Crippen LogP contribution in [0.1, 0.15) is 35.6 Å². The molecule has 0 bridgehead atoms. The van der Waals surface area contributed by atoms with Gasteiger partial charge in [-0.25, -0.2) is 0 Å². The van der Waals surface area contributed by atoms with E-state index in [2.05, 4.69) is 20.9 Å². The summed E-state index contributed by atoms with van der Waals surface area (Å²) in [6.45, 7) is 1.89. The van der Waals surface area contributed by atoms with Crippen molar-refractivity contribution in [2.75, 3.05) is 7.05 Å². The van der Waals surface area contributed by atoms with Gasteiger partial charge in [-0.2, -0.15) is 0 Å². The van der Waals surface area contributed by atoms with Crippen LogP contribution in [0.15, 0.2) is 48.8 Å². The SMILES string of the molecule is CNC(=O)C(Cc1ccncc1)NC(=O)[C@H](CC(N)=O)NC(=O)C[C@H](N)c1ccccc1C. The van der Waals surface area contributed by atoms with Gasteiger partial charge < -0.3 is 27.4 Å². The molecule has 0 fully saturated rings. The summed E-state index contributed by atoms with van der Waals surface area (Å²) >= 11 is 0. The number of rotatable bonds is 11. The van der Waals surface area contributed by atoms with Crippen molar-refractivity contribution in [3.8, 4) is 0 Å². The fourth-order valence-corrected chi connectivity index (χ4v) is 3.39. The van der Waals surface area contributed by atoms with E-state index in [1.54, 1.807) is 24.5 Å². The quantitative estimate of drug-likeness (QED) is 0.310. The number of primary amides is 1. The zero-order valence-corrected chi connectivity index (χ0v) is 18.7. The standard InChI is InChI=1S/C23H30N6O4/c1-14-5-3-4-6-16(14)17(24)12-21(31)28-19(13-20(25)30)23(33)29-18(22(32)26-2)11-15-7-9-27-10-8-15/h3-10,17-19H,11-13,24H2,1-2H3,(H2,25,30)(H,26,32)(H,28,31)(H,29,33)/t17-,18?,19-/m0/s1. The van der Waals surface area contributed by atoms with E-state index in [0.717, 1.165) is 16.7 Å². The van der Waals surface area contributed by atoms with Crippen LogP contribution in [0, 0.1) is 6.92 Å². The van der Waals surface area contributed by atoms with Gasteiger partial charge in [0.1, 0.15) is 12.1 Å². The van der Waals surface area contributed by atoms with Gasteiger partial charge in [0.15, 0.2) is 0 Å². The molecule has 0 saturated heterocycles. The molecule has 3 atom stereocenters. The van der Waals surface area contributed by atoms with Crippen molar-refractivity contribution in [2.45, 2.75) is 44.3 Å². The summed E-state index contributed by atoms with van der Waals surface area (Å²) < 4.78 is 0. The molecule has 0 aliphatic heterocycles. The molecule has 0 aliphatic rings. The van der Waals surface area contributed by atoms with Crippen molar-refractivity contribution in [3.63, 3.8) is 0 Å². The maximum atomic E-state index is 12.9. The number of aryl methyl sites for hydroxylation is 1. The Labute approximate surface area is 192 Å². The average Bonchev–Trinajstić information content (AvgIpc) is 2.78. The van der Waals surface area contributed by atoms with E-state index in [4.69, 9.17) is 11.5 Å². The van der Waals surface area contributed by atoms with E-state index < -0.39 is 48.2 Å². The van der Waals surface area contributed by atoms with Gasteiger partial charge in [-0.1, -0.05) is 24.3 Å². The largest absolute Gasteiger partial charge is 0.370 e. The Balaban J connectivity index is 2.09. The van der Waals surface area contributed by atoms with E-state index in [-0.39, 0.29) is 12.8 Å². The number of nitrogens with one attached hydrogen (secondary N) is 3. The van der Waals surface area contributed by atoms with Gasteiger partial charge in [0.2, 0.25) is 23.6 Å². The highest BCUT2D eigenvalue weighted by atomic mass is 16.2. The van der Waals surface area contributed by atoms with E-state index in [9.17, 15) is 19.2 Å². The van der Waals surface area contributed by atoms with Crippen molar-refractivity contribution in [1.29, 1.82) is 0 Å². The lowest BCUT2D eigenvalue weighted by atomic mass is 9.99.